The van der Waals surface area contributed by atoms with E-state index in [1.54, 1.807) is 10.1 Å². The highest BCUT2D eigenvalue weighted by atomic mass is 32.1. The van der Waals surface area contributed by atoms with Crippen LogP contribution in [0.5, 0.6) is 0 Å². The minimum absolute atomic E-state index is 0.00245. The van der Waals surface area contributed by atoms with Gasteiger partial charge in [0.2, 0.25) is 0 Å². The second-order valence-electron chi connectivity index (χ2n) is 4.60. The number of rotatable bonds is 5. The quantitative estimate of drug-likeness (QED) is 0.776. The average Bonchev–Trinajstić information content (AvgIpc) is 2.88. The lowest BCUT2D eigenvalue weighted by Gasteiger charge is -2.07. The molecule has 2 aromatic heterocycles. The van der Waals surface area contributed by atoms with Crippen LogP contribution in [0.3, 0.4) is 0 Å². The SMILES string of the molecule is Cc1nc(C(=O)Cc2ncnn2CC(C)C)cs1. The van der Waals surface area contributed by atoms with Crippen molar-refractivity contribution < 1.29 is 4.79 Å². The lowest BCUT2D eigenvalue weighted by atomic mass is 10.2. The zero-order valence-corrected chi connectivity index (χ0v) is 11.6. The third-order valence-electron chi connectivity index (χ3n) is 2.46. The summed E-state index contributed by atoms with van der Waals surface area (Å²) in [5.74, 6) is 1.18. The Hall–Kier alpha value is -1.56. The van der Waals surface area contributed by atoms with Gasteiger partial charge in [0.15, 0.2) is 5.78 Å². The number of hydrogen-bond acceptors (Lipinski definition) is 5. The Kier molecular flexibility index (Phi) is 3.86. The van der Waals surface area contributed by atoms with Crippen molar-refractivity contribution in [3.63, 3.8) is 0 Å². The molecule has 0 aliphatic heterocycles. The number of carbonyl (C=O) groups excluding carboxylic acids is 1. The van der Waals surface area contributed by atoms with E-state index in [9.17, 15) is 4.79 Å². The summed E-state index contributed by atoms with van der Waals surface area (Å²) in [6.07, 6.45) is 1.76. The number of Topliss-reactive ketones (excluding diaryl/α,β-unsaturated/α-hetero) is 1. The molecule has 0 bridgehead atoms. The van der Waals surface area contributed by atoms with Crippen LogP contribution in [0.25, 0.3) is 0 Å². The Balaban J connectivity index is 2.10. The zero-order chi connectivity index (χ0) is 13.1. The summed E-state index contributed by atoms with van der Waals surface area (Å²) in [6.45, 7) is 6.88. The summed E-state index contributed by atoms with van der Waals surface area (Å²) in [6, 6.07) is 0. The maximum Gasteiger partial charge on any atom is 0.189 e. The van der Waals surface area contributed by atoms with E-state index in [2.05, 4.69) is 28.9 Å². The van der Waals surface area contributed by atoms with Gasteiger partial charge in [-0.1, -0.05) is 13.8 Å². The first-order valence-corrected chi connectivity index (χ1v) is 6.76. The van der Waals surface area contributed by atoms with E-state index in [-0.39, 0.29) is 12.2 Å². The summed E-state index contributed by atoms with van der Waals surface area (Å²) >= 11 is 1.49. The molecule has 0 aliphatic rings. The highest BCUT2D eigenvalue weighted by molar-refractivity contribution is 7.09. The standard InChI is InChI=1S/C12H16N4OS/c1-8(2)5-16-12(13-7-14-16)4-11(17)10-6-18-9(3)15-10/h6-8H,4-5H2,1-3H3. The molecule has 0 aliphatic carbocycles. The van der Waals surface area contributed by atoms with Gasteiger partial charge in [0, 0.05) is 11.9 Å². The summed E-state index contributed by atoms with van der Waals surface area (Å²) < 4.78 is 1.79. The van der Waals surface area contributed by atoms with Crippen LogP contribution in [0.15, 0.2) is 11.7 Å². The van der Waals surface area contributed by atoms with Crippen LogP contribution in [-0.2, 0) is 13.0 Å². The predicted molar refractivity (Wildman–Crippen MR) is 69.7 cm³/mol. The third-order valence-corrected chi connectivity index (χ3v) is 3.23. The lowest BCUT2D eigenvalue weighted by Crippen LogP contribution is -2.14. The van der Waals surface area contributed by atoms with E-state index in [1.807, 2.05) is 6.92 Å². The van der Waals surface area contributed by atoms with E-state index in [4.69, 9.17) is 0 Å². The fourth-order valence-electron chi connectivity index (χ4n) is 1.65. The predicted octanol–water partition coefficient (Wildman–Crippen LogP) is 2.12. The molecule has 0 aromatic carbocycles. The molecule has 18 heavy (non-hydrogen) atoms. The van der Waals surface area contributed by atoms with Gasteiger partial charge in [-0.2, -0.15) is 5.10 Å². The summed E-state index contributed by atoms with van der Waals surface area (Å²) in [7, 11) is 0. The number of thiazole rings is 1. The molecule has 2 rings (SSSR count). The van der Waals surface area contributed by atoms with E-state index < -0.39 is 0 Å². The summed E-state index contributed by atoms with van der Waals surface area (Å²) in [5.41, 5.74) is 0.525. The second kappa shape index (κ2) is 5.39. The van der Waals surface area contributed by atoms with Gasteiger partial charge in [-0.25, -0.2) is 14.6 Å². The van der Waals surface area contributed by atoms with Gasteiger partial charge in [-0.15, -0.1) is 11.3 Å². The molecule has 0 atom stereocenters. The van der Waals surface area contributed by atoms with Crippen LogP contribution in [0, 0.1) is 12.8 Å². The number of hydrogen-bond donors (Lipinski definition) is 0. The molecule has 0 radical (unpaired) electrons. The van der Waals surface area contributed by atoms with Gasteiger partial charge >= 0.3 is 0 Å². The normalized spacial score (nSPS) is 11.1. The lowest BCUT2D eigenvalue weighted by molar-refractivity contribution is 0.0984. The van der Waals surface area contributed by atoms with Gasteiger partial charge < -0.3 is 0 Å². The number of aromatic nitrogens is 4. The van der Waals surface area contributed by atoms with E-state index in [0.29, 0.717) is 17.4 Å². The molecule has 2 heterocycles. The molecule has 96 valence electrons. The Bertz CT molecular complexity index is 544. The first kappa shape index (κ1) is 12.9. The molecule has 0 saturated heterocycles. The molecule has 2 aromatic rings. The second-order valence-corrected chi connectivity index (χ2v) is 5.67. The average molecular weight is 264 g/mol. The highest BCUT2D eigenvalue weighted by Gasteiger charge is 2.14. The molecule has 5 nitrogen and oxygen atoms in total. The van der Waals surface area contributed by atoms with Gasteiger partial charge in [-0.3, -0.25) is 4.79 Å². The fraction of sp³-hybridized carbons (Fsp3) is 0.500. The topological polar surface area (TPSA) is 60.7 Å². The summed E-state index contributed by atoms with van der Waals surface area (Å²) in [4.78, 5) is 20.4. The van der Waals surface area contributed by atoms with Gasteiger partial charge in [0.25, 0.3) is 0 Å². The Labute approximate surface area is 110 Å². The largest absolute Gasteiger partial charge is 0.292 e. The van der Waals surface area contributed by atoms with E-state index >= 15 is 0 Å². The number of nitrogens with zero attached hydrogens (tertiary/aromatic N) is 4. The van der Waals surface area contributed by atoms with Crippen molar-refractivity contribution in [2.45, 2.75) is 33.7 Å². The Morgan fingerprint density at radius 2 is 2.28 bits per heavy atom. The van der Waals surface area contributed by atoms with Gasteiger partial charge in [0.05, 0.1) is 11.4 Å². The van der Waals surface area contributed by atoms with Crippen LogP contribution in [-0.4, -0.2) is 25.5 Å². The molecule has 0 unspecified atom stereocenters. The Morgan fingerprint density at radius 1 is 1.50 bits per heavy atom. The van der Waals surface area contributed by atoms with Crippen molar-refractivity contribution in [2.75, 3.05) is 0 Å². The minimum atomic E-state index is -0.00245. The molecular formula is C12H16N4OS. The summed E-state index contributed by atoms with van der Waals surface area (Å²) in [5, 5.41) is 6.84. The minimum Gasteiger partial charge on any atom is -0.292 e. The maximum atomic E-state index is 12.0. The van der Waals surface area contributed by atoms with E-state index in [0.717, 1.165) is 11.6 Å². The van der Waals surface area contributed by atoms with Crippen LogP contribution in [0.1, 0.15) is 35.2 Å². The number of carbonyl (C=O) groups is 1. The Morgan fingerprint density at radius 3 is 2.89 bits per heavy atom. The number of aryl methyl sites for hydroxylation is 1. The van der Waals surface area contributed by atoms with Crippen molar-refractivity contribution >= 4 is 17.1 Å². The first-order chi connectivity index (χ1) is 8.56. The van der Waals surface area contributed by atoms with Crippen LogP contribution in [0.2, 0.25) is 0 Å². The maximum absolute atomic E-state index is 12.0. The van der Waals surface area contributed by atoms with Gasteiger partial charge in [0.1, 0.15) is 17.8 Å². The molecule has 6 heteroatoms. The van der Waals surface area contributed by atoms with Crippen molar-refractivity contribution in [3.05, 3.63) is 28.2 Å². The first-order valence-electron chi connectivity index (χ1n) is 5.88. The highest BCUT2D eigenvalue weighted by Crippen LogP contribution is 2.11. The van der Waals surface area contributed by atoms with Crippen LogP contribution in [0.4, 0.5) is 0 Å². The third kappa shape index (κ3) is 3.01. The molecule has 0 N–H and O–H groups in total. The molecular weight excluding hydrogens is 248 g/mol. The fourth-order valence-corrected chi connectivity index (χ4v) is 2.27. The molecule has 0 fully saturated rings. The van der Waals surface area contributed by atoms with Crippen LogP contribution >= 0.6 is 11.3 Å². The molecule has 0 amide bonds. The van der Waals surface area contributed by atoms with E-state index in [1.165, 1.54) is 17.7 Å². The molecule has 0 saturated carbocycles. The van der Waals surface area contributed by atoms with Crippen molar-refractivity contribution in [3.8, 4) is 0 Å². The zero-order valence-electron chi connectivity index (χ0n) is 10.8. The van der Waals surface area contributed by atoms with Gasteiger partial charge in [-0.05, 0) is 12.8 Å². The monoisotopic (exact) mass is 264 g/mol. The van der Waals surface area contributed by atoms with Crippen molar-refractivity contribution in [1.82, 2.24) is 19.7 Å². The van der Waals surface area contributed by atoms with Crippen molar-refractivity contribution in [2.24, 2.45) is 5.92 Å². The molecule has 0 spiro atoms. The van der Waals surface area contributed by atoms with Crippen LogP contribution < -0.4 is 0 Å². The van der Waals surface area contributed by atoms with Crippen molar-refractivity contribution in [1.29, 1.82) is 0 Å². The smallest absolute Gasteiger partial charge is 0.189 e. The number of ketones is 1.